The third-order valence-electron chi connectivity index (χ3n) is 4.31. The molecule has 1 aliphatic rings. The van der Waals surface area contributed by atoms with Gasteiger partial charge < -0.3 is 14.6 Å². The van der Waals surface area contributed by atoms with E-state index in [2.05, 4.69) is 40.0 Å². The van der Waals surface area contributed by atoms with Gasteiger partial charge in [0.05, 0.1) is 12.9 Å². The first-order valence-electron chi connectivity index (χ1n) is 8.33. The molecule has 4 nitrogen and oxygen atoms in total. The SMILES string of the molecule is CCCCCOc1ccc2c(c1)C(CCn1ccnc1)CN2. The van der Waals surface area contributed by atoms with E-state index in [0.717, 1.165) is 38.3 Å². The molecule has 0 aliphatic carbocycles. The van der Waals surface area contributed by atoms with Crippen LogP contribution in [0.3, 0.4) is 0 Å². The Hall–Kier alpha value is -1.97. The molecule has 0 saturated carbocycles. The van der Waals surface area contributed by atoms with Gasteiger partial charge in [0.25, 0.3) is 0 Å². The van der Waals surface area contributed by atoms with Crippen LogP contribution in [0, 0.1) is 0 Å². The predicted octanol–water partition coefficient (Wildman–Crippen LogP) is 4.05. The number of unbranched alkanes of at least 4 members (excludes halogenated alkanes) is 2. The van der Waals surface area contributed by atoms with Gasteiger partial charge in [-0.2, -0.15) is 0 Å². The van der Waals surface area contributed by atoms with E-state index < -0.39 is 0 Å². The largest absolute Gasteiger partial charge is 0.494 e. The van der Waals surface area contributed by atoms with Crippen molar-refractivity contribution in [2.24, 2.45) is 0 Å². The van der Waals surface area contributed by atoms with Gasteiger partial charge >= 0.3 is 0 Å². The summed E-state index contributed by atoms with van der Waals surface area (Å²) < 4.78 is 8.03. The summed E-state index contributed by atoms with van der Waals surface area (Å²) in [4.78, 5) is 4.10. The first-order chi connectivity index (χ1) is 10.9. The Bertz CT molecular complexity index is 580. The van der Waals surface area contributed by atoms with Crippen LogP contribution in [0.15, 0.2) is 36.9 Å². The van der Waals surface area contributed by atoms with Crippen LogP contribution in [-0.4, -0.2) is 22.7 Å². The molecule has 0 bridgehead atoms. The number of anilines is 1. The second-order valence-electron chi connectivity index (χ2n) is 5.97. The van der Waals surface area contributed by atoms with E-state index in [9.17, 15) is 0 Å². The molecule has 0 spiro atoms. The quantitative estimate of drug-likeness (QED) is 0.747. The third kappa shape index (κ3) is 3.62. The minimum absolute atomic E-state index is 0.552. The molecule has 1 unspecified atom stereocenters. The fraction of sp³-hybridized carbons (Fsp3) is 0.500. The molecular weight excluding hydrogens is 274 g/mol. The number of aryl methyl sites for hydroxylation is 1. The number of aromatic nitrogens is 2. The van der Waals surface area contributed by atoms with Gasteiger partial charge in [-0.05, 0) is 36.6 Å². The zero-order valence-corrected chi connectivity index (χ0v) is 13.3. The van der Waals surface area contributed by atoms with Crippen LogP contribution in [0.2, 0.25) is 0 Å². The van der Waals surface area contributed by atoms with Gasteiger partial charge in [-0.1, -0.05) is 19.8 Å². The van der Waals surface area contributed by atoms with Crippen LogP contribution in [-0.2, 0) is 6.54 Å². The number of nitrogens with one attached hydrogen (secondary N) is 1. The fourth-order valence-corrected chi connectivity index (χ4v) is 3.00. The molecule has 4 heteroatoms. The smallest absolute Gasteiger partial charge is 0.119 e. The van der Waals surface area contributed by atoms with Crippen molar-refractivity contribution in [2.45, 2.75) is 45.1 Å². The van der Waals surface area contributed by atoms with E-state index >= 15 is 0 Å². The molecule has 0 fully saturated rings. The number of rotatable bonds is 8. The van der Waals surface area contributed by atoms with E-state index in [-0.39, 0.29) is 0 Å². The van der Waals surface area contributed by atoms with Crippen molar-refractivity contribution in [1.82, 2.24) is 9.55 Å². The minimum Gasteiger partial charge on any atom is -0.494 e. The van der Waals surface area contributed by atoms with E-state index in [4.69, 9.17) is 4.74 Å². The third-order valence-corrected chi connectivity index (χ3v) is 4.31. The van der Waals surface area contributed by atoms with E-state index in [1.807, 2.05) is 18.7 Å². The number of hydrogen-bond acceptors (Lipinski definition) is 3. The Labute approximate surface area is 132 Å². The van der Waals surface area contributed by atoms with Crippen LogP contribution in [0.1, 0.15) is 44.1 Å². The molecule has 1 aromatic carbocycles. The monoisotopic (exact) mass is 299 g/mol. The number of nitrogens with zero attached hydrogens (tertiary/aromatic N) is 2. The molecule has 1 aliphatic heterocycles. The van der Waals surface area contributed by atoms with Gasteiger partial charge in [0, 0.05) is 37.1 Å². The van der Waals surface area contributed by atoms with Gasteiger partial charge in [0.2, 0.25) is 0 Å². The average molecular weight is 299 g/mol. The van der Waals surface area contributed by atoms with E-state index in [1.165, 1.54) is 24.1 Å². The fourth-order valence-electron chi connectivity index (χ4n) is 3.00. The molecular formula is C18H25N3O. The van der Waals surface area contributed by atoms with Gasteiger partial charge in [0.15, 0.2) is 0 Å². The molecule has 1 N–H and O–H groups in total. The topological polar surface area (TPSA) is 39.1 Å². The summed E-state index contributed by atoms with van der Waals surface area (Å²) in [6, 6.07) is 6.46. The van der Waals surface area contributed by atoms with E-state index in [0.29, 0.717) is 5.92 Å². The van der Waals surface area contributed by atoms with Gasteiger partial charge in [-0.3, -0.25) is 0 Å². The van der Waals surface area contributed by atoms with Crippen LogP contribution >= 0.6 is 0 Å². The lowest BCUT2D eigenvalue weighted by Gasteiger charge is -2.12. The van der Waals surface area contributed by atoms with Crippen molar-refractivity contribution < 1.29 is 4.74 Å². The highest BCUT2D eigenvalue weighted by Crippen LogP contribution is 2.36. The molecule has 0 saturated heterocycles. The van der Waals surface area contributed by atoms with Crippen molar-refractivity contribution >= 4 is 5.69 Å². The Kier molecular flexibility index (Phi) is 4.99. The van der Waals surface area contributed by atoms with Gasteiger partial charge in [0.1, 0.15) is 5.75 Å². The second kappa shape index (κ2) is 7.34. The van der Waals surface area contributed by atoms with Crippen LogP contribution in [0.25, 0.3) is 0 Å². The van der Waals surface area contributed by atoms with E-state index in [1.54, 1.807) is 0 Å². The van der Waals surface area contributed by atoms with Gasteiger partial charge in [-0.25, -0.2) is 4.98 Å². The van der Waals surface area contributed by atoms with Crippen molar-refractivity contribution in [3.05, 3.63) is 42.5 Å². The summed E-state index contributed by atoms with van der Waals surface area (Å²) in [6.07, 6.45) is 10.5. The Morgan fingerprint density at radius 3 is 3.14 bits per heavy atom. The van der Waals surface area contributed by atoms with Crippen molar-refractivity contribution in [1.29, 1.82) is 0 Å². The molecule has 0 radical (unpaired) electrons. The van der Waals surface area contributed by atoms with Gasteiger partial charge in [-0.15, -0.1) is 0 Å². The maximum Gasteiger partial charge on any atom is 0.119 e. The summed E-state index contributed by atoms with van der Waals surface area (Å²) in [5.41, 5.74) is 2.66. The zero-order valence-electron chi connectivity index (χ0n) is 13.3. The molecule has 3 rings (SSSR count). The number of ether oxygens (including phenoxy) is 1. The molecule has 22 heavy (non-hydrogen) atoms. The Morgan fingerprint density at radius 1 is 1.36 bits per heavy atom. The lowest BCUT2D eigenvalue weighted by molar-refractivity contribution is 0.306. The molecule has 1 aromatic heterocycles. The molecule has 2 heterocycles. The first-order valence-corrected chi connectivity index (χ1v) is 8.33. The van der Waals surface area contributed by atoms with Crippen LogP contribution < -0.4 is 10.1 Å². The maximum absolute atomic E-state index is 5.89. The number of hydrogen-bond donors (Lipinski definition) is 1. The predicted molar refractivity (Wildman–Crippen MR) is 89.5 cm³/mol. The molecule has 2 aromatic rings. The van der Waals surface area contributed by atoms with Crippen molar-refractivity contribution in [3.63, 3.8) is 0 Å². The highest BCUT2D eigenvalue weighted by molar-refractivity contribution is 5.60. The Balaban J connectivity index is 1.59. The van der Waals surface area contributed by atoms with Crippen LogP contribution in [0.5, 0.6) is 5.75 Å². The number of benzene rings is 1. The second-order valence-corrected chi connectivity index (χ2v) is 5.97. The average Bonchev–Trinajstić information content (AvgIpc) is 3.19. The maximum atomic E-state index is 5.89. The number of imidazole rings is 1. The molecule has 1 atom stereocenters. The number of fused-ring (bicyclic) bond motifs is 1. The summed E-state index contributed by atoms with van der Waals surface area (Å²) >= 11 is 0. The van der Waals surface area contributed by atoms with Crippen molar-refractivity contribution in [3.8, 4) is 5.75 Å². The lowest BCUT2D eigenvalue weighted by Crippen LogP contribution is -2.06. The summed E-state index contributed by atoms with van der Waals surface area (Å²) in [6.45, 7) is 5.06. The Morgan fingerprint density at radius 2 is 2.32 bits per heavy atom. The highest BCUT2D eigenvalue weighted by atomic mass is 16.5. The van der Waals surface area contributed by atoms with Crippen LogP contribution in [0.4, 0.5) is 5.69 Å². The first kappa shape index (κ1) is 14.9. The summed E-state index contributed by atoms with van der Waals surface area (Å²) in [5.74, 6) is 1.56. The lowest BCUT2D eigenvalue weighted by atomic mass is 9.97. The summed E-state index contributed by atoms with van der Waals surface area (Å²) in [5, 5.41) is 3.50. The molecule has 118 valence electrons. The highest BCUT2D eigenvalue weighted by Gasteiger charge is 2.22. The normalized spacial score (nSPS) is 16.3. The van der Waals surface area contributed by atoms with Crippen molar-refractivity contribution in [2.75, 3.05) is 18.5 Å². The minimum atomic E-state index is 0.552. The molecule has 0 amide bonds. The zero-order chi connectivity index (χ0) is 15.2. The summed E-state index contributed by atoms with van der Waals surface area (Å²) in [7, 11) is 0. The standard InChI is InChI=1S/C18H25N3O/c1-2-3-4-11-22-16-5-6-18-17(12-16)15(13-20-18)7-9-21-10-8-19-14-21/h5-6,8,10,12,14-15,20H,2-4,7,9,11,13H2,1H3.